The smallest absolute Gasteiger partial charge is 0.251 e. The molecular formula is C20H19N7OS. The fourth-order valence-electron chi connectivity index (χ4n) is 3.13. The third kappa shape index (κ3) is 3.68. The molecule has 8 nitrogen and oxygen atoms in total. The molecular weight excluding hydrogens is 386 g/mol. The maximum Gasteiger partial charge on any atom is 0.251 e. The van der Waals surface area contributed by atoms with E-state index < -0.39 is 0 Å². The number of carbonyl (C=O) groups is 1. The molecule has 1 fully saturated rings. The van der Waals surface area contributed by atoms with E-state index in [1.54, 1.807) is 17.6 Å². The quantitative estimate of drug-likeness (QED) is 0.453. The molecule has 3 N–H and O–H groups in total. The number of nitrogens with zero attached hydrogens (tertiary/aromatic N) is 4. The average molecular weight is 405 g/mol. The highest BCUT2D eigenvalue weighted by atomic mass is 32.2. The lowest BCUT2D eigenvalue weighted by Crippen LogP contribution is -2.17. The Morgan fingerprint density at radius 2 is 2.14 bits per heavy atom. The van der Waals surface area contributed by atoms with Crippen LogP contribution in [0.3, 0.4) is 0 Å². The van der Waals surface area contributed by atoms with Crippen molar-refractivity contribution in [2.75, 3.05) is 12.4 Å². The molecule has 0 atom stereocenters. The SMILES string of the molecule is CNC(=O)c1cccc(Sc2nc(Nc3cc(C4CC4)[nH]n3)c3cccn3n2)c1. The monoisotopic (exact) mass is 405 g/mol. The number of rotatable bonds is 6. The first-order valence-electron chi connectivity index (χ1n) is 9.37. The molecule has 0 aliphatic heterocycles. The summed E-state index contributed by atoms with van der Waals surface area (Å²) in [5, 5.41) is 18.6. The fourth-order valence-corrected chi connectivity index (χ4v) is 3.93. The van der Waals surface area contributed by atoms with Gasteiger partial charge in [0.2, 0.25) is 5.16 Å². The van der Waals surface area contributed by atoms with Crippen molar-refractivity contribution >= 4 is 34.8 Å². The van der Waals surface area contributed by atoms with Gasteiger partial charge in [-0.1, -0.05) is 6.07 Å². The highest BCUT2D eigenvalue weighted by molar-refractivity contribution is 7.99. The summed E-state index contributed by atoms with van der Waals surface area (Å²) in [5.41, 5.74) is 2.63. The largest absolute Gasteiger partial charge is 0.355 e. The summed E-state index contributed by atoms with van der Waals surface area (Å²) in [4.78, 5) is 17.5. The molecule has 29 heavy (non-hydrogen) atoms. The van der Waals surface area contributed by atoms with Gasteiger partial charge in [-0.05, 0) is 54.9 Å². The molecule has 0 radical (unpaired) electrons. The van der Waals surface area contributed by atoms with E-state index in [0.717, 1.165) is 21.9 Å². The summed E-state index contributed by atoms with van der Waals surface area (Å²) in [7, 11) is 1.62. The molecule has 146 valence electrons. The molecule has 5 rings (SSSR count). The molecule has 0 bridgehead atoms. The van der Waals surface area contributed by atoms with Gasteiger partial charge in [-0.3, -0.25) is 9.89 Å². The Morgan fingerprint density at radius 3 is 2.97 bits per heavy atom. The van der Waals surface area contributed by atoms with Crippen molar-refractivity contribution in [3.8, 4) is 0 Å². The Hall–Kier alpha value is -3.33. The first-order valence-corrected chi connectivity index (χ1v) is 10.2. The molecule has 3 aromatic heterocycles. The standard InChI is InChI=1S/C20H19N7OS/c1-21-19(28)13-4-2-5-14(10-13)29-20-23-18(16-6-3-9-27(16)26-20)22-17-11-15(24-25-17)12-7-8-12/h2-6,9-12H,7-8H2,1H3,(H,21,28)(H2,22,23,24,25,26). The van der Waals surface area contributed by atoms with Gasteiger partial charge in [0.25, 0.3) is 5.91 Å². The molecule has 9 heteroatoms. The Bertz CT molecular complexity index is 1190. The van der Waals surface area contributed by atoms with Crippen LogP contribution in [0.2, 0.25) is 0 Å². The Balaban J connectivity index is 1.44. The Kier molecular flexibility index (Phi) is 4.44. The van der Waals surface area contributed by atoms with E-state index >= 15 is 0 Å². The van der Waals surface area contributed by atoms with Crippen LogP contribution >= 0.6 is 11.8 Å². The van der Waals surface area contributed by atoms with E-state index in [1.165, 1.54) is 24.6 Å². The van der Waals surface area contributed by atoms with Gasteiger partial charge in [-0.15, -0.1) is 5.10 Å². The Labute approximate surface area is 171 Å². The number of hydrogen-bond acceptors (Lipinski definition) is 6. The maximum atomic E-state index is 11.9. The summed E-state index contributed by atoms with van der Waals surface area (Å²) in [5.74, 6) is 1.91. The second kappa shape index (κ2) is 7.25. The number of fused-ring (bicyclic) bond motifs is 1. The molecule has 0 unspecified atom stereocenters. The van der Waals surface area contributed by atoms with Gasteiger partial charge in [0.1, 0.15) is 5.52 Å². The van der Waals surface area contributed by atoms with E-state index in [1.807, 2.05) is 42.6 Å². The summed E-state index contributed by atoms with van der Waals surface area (Å²) < 4.78 is 1.79. The number of aromatic amines is 1. The molecule has 4 aromatic rings. The van der Waals surface area contributed by atoms with Crippen LogP contribution in [0.4, 0.5) is 11.6 Å². The van der Waals surface area contributed by atoms with Gasteiger partial charge >= 0.3 is 0 Å². The molecule has 0 spiro atoms. The van der Waals surface area contributed by atoms with Crippen LogP contribution in [0.25, 0.3) is 5.52 Å². The predicted molar refractivity (Wildman–Crippen MR) is 111 cm³/mol. The van der Waals surface area contributed by atoms with E-state index in [9.17, 15) is 4.79 Å². The Morgan fingerprint density at radius 1 is 1.24 bits per heavy atom. The fraction of sp³-hybridized carbons (Fsp3) is 0.200. The third-order valence-electron chi connectivity index (χ3n) is 4.77. The lowest BCUT2D eigenvalue weighted by atomic mass is 10.2. The van der Waals surface area contributed by atoms with Gasteiger partial charge in [-0.2, -0.15) is 5.10 Å². The van der Waals surface area contributed by atoms with Crippen LogP contribution in [0.1, 0.15) is 34.8 Å². The highest BCUT2D eigenvalue weighted by Crippen LogP contribution is 2.39. The predicted octanol–water partition coefficient (Wildman–Crippen LogP) is 3.58. The summed E-state index contributed by atoms with van der Waals surface area (Å²) in [6, 6.07) is 13.3. The van der Waals surface area contributed by atoms with Crippen LogP contribution in [0.15, 0.2) is 58.7 Å². The van der Waals surface area contributed by atoms with E-state index in [0.29, 0.717) is 22.5 Å². The number of carbonyl (C=O) groups excluding carboxylic acids is 1. The molecule has 1 aliphatic rings. The maximum absolute atomic E-state index is 11.9. The molecule has 1 aromatic carbocycles. The van der Waals surface area contributed by atoms with E-state index in [-0.39, 0.29) is 5.91 Å². The number of nitrogens with one attached hydrogen (secondary N) is 3. The third-order valence-corrected chi connectivity index (χ3v) is 5.61. The molecule has 1 amide bonds. The normalized spacial score (nSPS) is 13.6. The minimum atomic E-state index is -0.124. The number of H-pyrrole nitrogens is 1. The average Bonchev–Trinajstić information content (AvgIpc) is 3.28. The van der Waals surface area contributed by atoms with E-state index in [2.05, 4.69) is 25.9 Å². The van der Waals surface area contributed by atoms with Crippen LogP contribution in [0.5, 0.6) is 0 Å². The minimum absolute atomic E-state index is 0.124. The summed E-state index contributed by atoms with van der Waals surface area (Å²) in [6.45, 7) is 0. The molecule has 1 saturated carbocycles. The van der Waals surface area contributed by atoms with Crippen molar-refractivity contribution in [2.45, 2.75) is 28.8 Å². The van der Waals surface area contributed by atoms with Gasteiger partial charge in [-0.25, -0.2) is 9.50 Å². The van der Waals surface area contributed by atoms with Crippen molar-refractivity contribution in [3.63, 3.8) is 0 Å². The van der Waals surface area contributed by atoms with Crippen LogP contribution in [-0.2, 0) is 0 Å². The first-order chi connectivity index (χ1) is 14.2. The zero-order valence-corrected chi connectivity index (χ0v) is 16.5. The second-order valence-corrected chi connectivity index (χ2v) is 7.94. The van der Waals surface area contributed by atoms with Crippen molar-refractivity contribution in [1.82, 2.24) is 30.1 Å². The molecule has 3 heterocycles. The summed E-state index contributed by atoms with van der Waals surface area (Å²) >= 11 is 1.40. The van der Waals surface area contributed by atoms with Crippen LogP contribution < -0.4 is 10.6 Å². The lowest BCUT2D eigenvalue weighted by Gasteiger charge is -2.08. The zero-order valence-electron chi connectivity index (χ0n) is 15.7. The topological polar surface area (TPSA) is 100 Å². The number of amides is 1. The van der Waals surface area contributed by atoms with Crippen molar-refractivity contribution in [1.29, 1.82) is 0 Å². The number of hydrogen-bond donors (Lipinski definition) is 3. The first kappa shape index (κ1) is 17.7. The van der Waals surface area contributed by atoms with Crippen molar-refractivity contribution in [2.24, 2.45) is 0 Å². The van der Waals surface area contributed by atoms with Crippen LogP contribution in [0, 0.1) is 0 Å². The lowest BCUT2D eigenvalue weighted by molar-refractivity contribution is 0.0963. The molecule has 0 saturated heterocycles. The number of aromatic nitrogens is 5. The zero-order chi connectivity index (χ0) is 19.8. The van der Waals surface area contributed by atoms with Crippen molar-refractivity contribution < 1.29 is 4.79 Å². The minimum Gasteiger partial charge on any atom is -0.355 e. The van der Waals surface area contributed by atoms with Gasteiger partial charge in [0.05, 0.1) is 0 Å². The summed E-state index contributed by atoms with van der Waals surface area (Å²) in [6.07, 6.45) is 4.31. The van der Waals surface area contributed by atoms with Crippen molar-refractivity contribution in [3.05, 3.63) is 59.9 Å². The highest BCUT2D eigenvalue weighted by Gasteiger charge is 2.25. The number of benzene rings is 1. The van der Waals surface area contributed by atoms with E-state index in [4.69, 9.17) is 4.98 Å². The van der Waals surface area contributed by atoms with Crippen LogP contribution in [-0.4, -0.2) is 37.8 Å². The molecule has 1 aliphatic carbocycles. The van der Waals surface area contributed by atoms with Gasteiger partial charge in [0, 0.05) is 41.4 Å². The second-order valence-electron chi connectivity index (χ2n) is 6.90. The van der Waals surface area contributed by atoms with Gasteiger partial charge < -0.3 is 10.6 Å². The van der Waals surface area contributed by atoms with Gasteiger partial charge in [0.15, 0.2) is 11.6 Å². The number of anilines is 2.